The Morgan fingerprint density at radius 1 is 1.16 bits per heavy atom. The lowest BCUT2D eigenvalue weighted by molar-refractivity contribution is -0.141. The number of rotatable bonds is 8. The van der Waals surface area contributed by atoms with E-state index in [1.54, 1.807) is 67.2 Å². The first-order valence-corrected chi connectivity index (χ1v) is 14.1. The van der Waals surface area contributed by atoms with Gasteiger partial charge in [-0.3, -0.25) is 14.4 Å². The van der Waals surface area contributed by atoms with Gasteiger partial charge in [0.05, 0.1) is 46.5 Å². The summed E-state index contributed by atoms with van der Waals surface area (Å²) in [5, 5.41) is 16.3. The third kappa shape index (κ3) is 4.25. The molecule has 3 saturated heterocycles. The number of hydrogen-bond donors (Lipinski definition) is 3. The van der Waals surface area contributed by atoms with Crippen molar-refractivity contribution in [3.05, 3.63) is 53.6 Å². The Morgan fingerprint density at radius 2 is 1.87 bits per heavy atom. The molecule has 202 valence electrons. The summed E-state index contributed by atoms with van der Waals surface area (Å²) in [7, 11) is 0. The van der Waals surface area contributed by atoms with Crippen LogP contribution in [0.25, 0.3) is 0 Å². The zero-order valence-electron chi connectivity index (χ0n) is 21.6. The number of nitrogens with one attached hydrogen (secondary N) is 2. The van der Waals surface area contributed by atoms with Crippen LogP contribution in [0.1, 0.15) is 33.6 Å². The van der Waals surface area contributed by atoms with Crippen LogP contribution in [0.15, 0.2) is 48.5 Å². The fourth-order valence-corrected chi connectivity index (χ4v) is 8.94. The Hall–Kier alpha value is -2.75. The predicted octanol–water partition coefficient (Wildman–Crippen LogP) is 4.18. The van der Waals surface area contributed by atoms with Crippen molar-refractivity contribution in [3.63, 3.8) is 0 Å². The highest BCUT2D eigenvalue weighted by Crippen LogP contribution is 2.71. The standard InChI is InChI=1S/C28H32ClN3O5S/c1-4-37-18-11-9-17(10-12-18)30-24(34)21-22-26(36)32(16(2)15-33)23(28(22)14-13-27(21,3)38-28)25(35)31-20-8-6-5-7-19(20)29/h5-12,16,21-23,33H,4,13-15H2,1-3H3,(H,30,34)(H,31,35)/t16-,21-,22+,23?,27+,28?/m1/s1. The van der Waals surface area contributed by atoms with Gasteiger partial charge in [-0.15, -0.1) is 11.8 Å². The average molecular weight is 558 g/mol. The van der Waals surface area contributed by atoms with Crippen LogP contribution in [-0.2, 0) is 14.4 Å². The fourth-order valence-electron chi connectivity index (χ4n) is 6.41. The van der Waals surface area contributed by atoms with E-state index in [9.17, 15) is 19.5 Å². The van der Waals surface area contributed by atoms with Gasteiger partial charge in [0.25, 0.3) is 0 Å². The molecule has 0 aliphatic carbocycles. The Kier molecular flexibility index (Phi) is 7.13. The lowest BCUT2D eigenvalue weighted by Gasteiger charge is -2.36. The molecule has 8 nitrogen and oxygen atoms in total. The summed E-state index contributed by atoms with van der Waals surface area (Å²) in [5.41, 5.74) is 1.07. The minimum atomic E-state index is -0.853. The van der Waals surface area contributed by atoms with Crippen molar-refractivity contribution in [1.29, 1.82) is 0 Å². The summed E-state index contributed by atoms with van der Waals surface area (Å²) >= 11 is 7.88. The number of amides is 3. The average Bonchev–Trinajstić information content (AvgIpc) is 3.47. The number of anilines is 2. The summed E-state index contributed by atoms with van der Waals surface area (Å²) in [5.74, 6) is -1.49. The van der Waals surface area contributed by atoms with Crippen molar-refractivity contribution in [2.45, 2.75) is 55.2 Å². The van der Waals surface area contributed by atoms with Crippen LogP contribution in [0.4, 0.5) is 11.4 Å². The lowest BCUT2D eigenvalue weighted by Crippen LogP contribution is -2.54. The maximum atomic E-state index is 14.0. The Bertz CT molecular complexity index is 1260. The second kappa shape index (κ2) is 10.1. The molecule has 3 N–H and O–H groups in total. The number of carbonyl (C=O) groups is 3. The van der Waals surface area contributed by atoms with Gasteiger partial charge in [0.2, 0.25) is 17.7 Å². The van der Waals surface area contributed by atoms with Gasteiger partial charge in [-0.25, -0.2) is 0 Å². The largest absolute Gasteiger partial charge is 0.494 e. The molecule has 3 aliphatic heterocycles. The molecular formula is C28H32ClN3O5S. The van der Waals surface area contributed by atoms with Crippen molar-refractivity contribution < 1.29 is 24.2 Å². The molecule has 3 aliphatic rings. The van der Waals surface area contributed by atoms with Gasteiger partial charge in [0.15, 0.2) is 0 Å². The molecule has 2 aromatic rings. The van der Waals surface area contributed by atoms with Gasteiger partial charge in [-0.05, 0) is 70.0 Å². The molecule has 0 aromatic heterocycles. The Labute approximate surface area is 231 Å². The number of aliphatic hydroxyl groups excluding tert-OH is 1. The molecule has 3 heterocycles. The molecule has 2 bridgehead atoms. The van der Waals surface area contributed by atoms with Gasteiger partial charge >= 0.3 is 0 Å². The molecular weight excluding hydrogens is 526 g/mol. The van der Waals surface area contributed by atoms with E-state index in [-0.39, 0.29) is 24.3 Å². The summed E-state index contributed by atoms with van der Waals surface area (Å²) in [6, 6.07) is 12.6. The van der Waals surface area contributed by atoms with Crippen LogP contribution in [0.3, 0.4) is 0 Å². The SMILES string of the molecule is CCOc1ccc(NC(=O)[C@H]2[C@H]3C(=O)N([C@H](C)CO)C(C(=O)Nc4ccccc4Cl)C34CC[C@]2(C)S4)cc1. The van der Waals surface area contributed by atoms with Crippen LogP contribution in [0.5, 0.6) is 5.75 Å². The van der Waals surface area contributed by atoms with Gasteiger partial charge in [0.1, 0.15) is 11.8 Å². The van der Waals surface area contributed by atoms with E-state index in [4.69, 9.17) is 16.3 Å². The summed E-state index contributed by atoms with van der Waals surface area (Å²) in [6.45, 7) is 5.89. The third-order valence-electron chi connectivity index (χ3n) is 8.05. The normalized spacial score (nSPS) is 30.2. The number of ether oxygens (including phenoxy) is 1. The maximum absolute atomic E-state index is 14.0. The summed E-state index contributed by atoms with van der Waals surface area (Å²) in [4.78, 5) is 43.1. The molecule has 6 atom stereocenters. The number of likely N-dealkylation sites (tertiary alicyclic amines) is 1. The number of halogens is 1. The third-order valence-corrected chi connectivity index (χ3v) is 10.4. The quantitative estimate of drug-likeness (QED) is 0.449. The number of thioether (sulfide) groups is 1. The zero-order valence-corrected chi connectivity index (χ0v) is 23.1. The van der Waals surface area contributed by atoms with Crippen molar-refractivity contribution in [2.24, 2.45) is 11.8 Å². The van der Waals surface area contributed by atoms with Gasteiger partial charge in [-0.2, -0.15) is 0 Å². The second-order valence-corrected chi connectivity index (χ2v) is 12.7. The van der Waals surface area contributed by atoms with Gasteiger partial charge in [-0.1, -0.05) is 23.7 Å². The monoisotopic (exact) mass is 557 g/mol. The van der Waals surface area contributed by atoms with E-state index in [0.29, 0.717) is 41.6 Å². The van der Waals surface area contributed by atoms with E-state index >= 15 is 0 Å². The predicted molar refractivity (Wildman–Crippen MR) is 148 cm³/mol. The van der Waals surface area contributed by atoms with E-state index in [1.165, 1.54) is 4.90 Å². The first kappa shape index (κ1) is 26.8. The molecule has 2 aromatic carbocycles. The highest BCUT2D eigenvalue weighted by molar-refractivity contribution is 8.02. The molecule has 38 heavy (non-hydrogen) atoms. The maximum Gasteiger partial charge on any atom is 0.248 e. The number of carbonyl (C=O) groups excluding carboxylic acids is 3. The van der Waals surface area contributed by atoms with Gasteiger partial charge < -0.3 is 25.4 Å². The van der Waals surface area contributed by atoms with Crippen molar-refractivity contribution in [1.82, 2.24) is 4.90 Å². The molecule has 3 amide bonds. The van der Waals surface area contributed by atoms with Crippen molar-refractivity contribution in [3.8, 4) is 5.75 Å². The van der Waals surface area contributed by atoms with E-state index in [1.807, 2.05) is 13.8 Å². The highest BCUT2D eigenvalue weighted by Gasteiger charge is 2.77. The minimum Gasteiger partial charge on any atom is -0.494 e. The van der Waals surface area contributed by atoms with E-state index < -0.39 is 33.4 Å². The number of aliphatic hydroxyl groups is 1. The van der Waals surface area contributed by atoms with Gasteiger partial charge in [0, 0.05) is 10.4 Å². The summed E-state index contributed by atoms with van der Waals surface area (Å²) < 4.78 is 4.19. The zero-order chi connectivity index (χ0) is 27.2. The van der Waals surface area contributed by atoms with Crippen molar-refractivity contribution in [2.75, 3.05) is 23.8 Å². The second-order valence-electron chi connectivity index (χ2n) is 10.4. The first-order chi connectivity index (χ1) is 18.1. The minimum absolute atomic E-state index is 0.243. The van der Waals surface area contributed by atoms with Crippen LogP contribution in [0, 0.1) is 11.8 Å². The summed E-state index contributed by atoms with van der Waals surface area (Å²) in [6.07, 6.45) is 1.31. The number of benzene rings is 2. The van der Waals surface area contributed by atoms with Crippen LogP contribution in [0.2, 0.25) is 5.02 Å². The molecule has 5 rings (SSSR count). The Balaban J connectivity index is 1.48. The van der Waals surface area contributed by atoms with Crippen LogP contribution in [-0.4, -0.2) is 62.5 Å². The number of para-hydroxylation sites is 1. The molecule has 0 saturated carbocycles. The Morgan fingerprint density at radius 3 is 2.53 bits per heavy atom. The molecule has 1 spiro atoms. The molecule has 10 heteroatoms. The first-order valence-electron chi connectivity index (χ1n) is 12.9. The fraction of sp³-hybridized carbons (Fsp3) is 0.464. The van der Waals surface area contributed by atoms with Crippen LogP contribution >= 0.6 is 23.4 Å². The smallest absolute Gasteiger partial charge is 0.248 e. The van der Waals surface area contributed by atoms with E-state index in [2.05, 4.69) is 10.6 Å². The topological polar surface area (TPSA) is 108 Å². The lowest BCUT2D eigenvalue weighted by atomic mass is 9.66. The molecule has 2 unspecified atom stereocenters. The highest BCUT2D eigenvalue weighted by atomic mass is 35.5. The number of nitrogens with zero attached hydrogens (tertiary/aromatic N) is 1. The van der Waals surface area contributed by atoms with E-state index in [0.717, 1.165) is 0 Å². The van der Waals surface area contributed by atoms with Crippen molar-refractivity contribution >= 4 is 52.5 Å². The number of hydrogen-bond acceptors (Lipinski definition) is 6. The van der Waals surface area contributed by atoms with Crippen LogP contribution < -0.4 is 15.4 Å². The number of fused-ring (bicyclic) bond motifs is 1. The molecule has 3 fully saturated rings. The molecule has 0 radical (unpaired) electrons.